The van der Waals surface area contributed by atoms with Crippen LogP contribution in [0.4, 0.5) is 0 Å². The van der Waals surface area contributed by atoms with E-state index in [4.69, 9.17) is 9.97 Å². The summed E-state index contributed by atoms with van der Waals surface area (Å²) in [6, 6.07) is 52.6. The van der Waals surface area contributed by atoms with Gasteiger partial charge in [0.25, 0.3) is 0 Å². The molecule has 0 N–H and O–H groups in total. The Morgan fingerprint density at radius 1 is 0.480 bits per heavy atom. The van der Waals surface area contributed by atoms with Crippen molar-refractivity contribution in [2.24, 2.45) is 0 Å². The Balaban J connectivity index is 1.24. The zero-order chi connectivity index (χ0) is 33.7. The number of allylic oxidation sites excluding steroid dienone is 4. The number of hydrogen-bond acceptors (Lipinski definition) is 2. The SMILES string of the molecule is Cc1ccc2c3ccc(-c4ccccc4-c4ccccc4-c4nc(-c5ccccc5)cc(C5(C)C=CC=CC5)n4)cc3c3ccccc3c2c1. The van der Waals surface area contributed by atoms with E-state index in [1.54, 1.807) is 0 Å². The Labute approximate surface area is 293 Å². The van der Waals surface area contributed by atoms with E-state index in [0.717, 1.165) is 45.9 Å². The monoisotopic (exact) mass is 640 g/mol. The van der Waals surface area contributed by atoms with Crippen molar-refractivity contribution in [3.63, 3.8) is 0 Å². The first-order valence-corrected chi connectivity index (χ1v) is 17.4. The second-order valence-corrected chi connectivity index (χ2v) is 13.7. The van der Waals surface area contributed by atoms with Crippen LogP contribution in [0.5, 0.6) is 0 Å². The van der Waals surface area contributed by atoms with Gasteiger partial charge in [-0.2, -0.15) is 0 Å². The summed E-state index contributed by atoms with van der Waals surface area (Å²) in [7, 11) is 0. The summed E-state index contributed by atoms with van der Waals surface area (Å²) in [4.78, 5) is 10.6. The summed E-state index contributed by atoms with van der Waals surface area (Å²) in [6.45, 7) is 4.44. The lowest BCUT2D eigenvalue weighted by Gasteiger charge is -2.27. The van der Waals surface area contributed by atoms with Gasteiger partial charge in [-0.25, -0.2) is 9.97 Å². The first kappa shape index (κ1) is 30.0. The van der Waals surface area contributed by atoms with E-state index in [0.29, 0.717) is 0 Å². The normalized spacial score (nSPS) is 15.6. The molecular weight excluding hydrogens is 605 g/mol. The third kappa shape index (κ3) is 5.12. The van der Waals surface area contributed by atoms with E-state index >= 15 is 0 Å². The van der Waals surface area contributed by atoms with Gasteiger partial charge in [0, 0.05) is 16.5 Å². The molecule has 1 atom stereocenters. The van der Waals surface area contributed by atoms with Crippen LogP contribution in [-0.4, -0.2) is 9.97 Å². The number of fused-ring (bicyclic) bond motifs is 6. The average molecular weight is 641 g/mol. The molecule has 7 aromatic carbocycles. The predicted octanol–water partition coefficient (Wildman–Crippen LogP) is 12.7. The molecule has 1 aliphatic carbocycles. The lowest BCUT2D eigenvalue weighted by Crippen LogP contribution is -2.22. The lowest BCUT2D eigenvalue weighted by molar-refractivity contribution is 0.578. The summed E-state index contributed by atoms with van der Waals surface area (Å²) in [5.74, 6) is 0.738. The molecule has 0 aliphatic heterocycles. The van der Waals surface area contributed by atoms with Crippen LogP contribution < -0.4 is 0 Å². The highest BCUT2D eigenvalue weighted by atomic mass is 14.9. The molecule has 9 rings (SSSR count). The van der Waals surface area contributed by atoms with Gasteiger partial charge in [0.2, 0.25) is 0 Å². The maximum absolute atomic E-state index is 5.33. The Bertz CT molecular complexity index is 2630. The molecule has 0 fully saturated rings. The van der Waals surface area contributed by atoms with E-state index in [9.17, 15) is 0 Å². The van der Waals surface area contributed by atoms with Gasteiger partial charge in [-0.05, 0) is 80.0 Å². The second kappa shape index (κ2) is 12.1. The number of aromatic nitrogens is 2. The van der Waals surface area contributed by atoms with Gasteiger partial charge in [-0.3, -0.25) is 0 Å². The highest BCUT2D eigenvalue weighted by molar-refractivity contribution is 6.26. The lowest BCUT2D eigenvalue weighted by atomic mass is 9.80. The van der Waals surface area contributed by atoms with E-state index in [1.165, 1.54) is 49.0 Å². The van der Waals surface area contributed by atoms with Crippen molar-refractivity contribution in [3.8, 4) is 44.9 Å². The molecule has 1 aromatic heterocycles. The minimum Gasteiger partial charge on any atom is -0.232 e. The summed E-state index contributed by atoms with van der Waals surface area (Å²) in [5, 5.41) is 7.71. The van der Waals surface area contributed by atoms with E-state index in [-0.39, 0.29) is 5.41 Å². The van der Waals surface area contributed by atoms with Crippen LogP contribution in [0.2, 0.25) is 0 Å². The van der Waals surface area contributed by atoms with Crippen molar-refractivity contribution in [1.82, 2.24) is 9.97 Å². The second-order valence-electron chi connectivity index (χ2n) is 13.7. The van der Waals surface area contributed by atoms with Crippen molar-refractivity contribution in [3.05, 3.63) is 181 Å². The average Bonchev–Trinajstić information content (AvgIpc) is 3.18. The van der Waals surface area contributed by atoms with Gasteiger partial charge >= 0.3 is 0 Å². The summed E-state index contributed by atoms with van der Waals surface area (Å²) in [5.41, 5.74) is 9.75. The molecule has 2 heteroatoms. The van der Waals surface area contributed by atoms with Gasteiger partial charge in [-0.15, -0.1) is 0 Å². The number of aryl methyl sites for hydroxylation is 1. The fourth-order valence-electron chi connectivity index (χ4n) is 7.66. The summed E-state index contributed by atoms with van der Waals surface area (Å²) in [6.07, 6.45) is 9.64. The standard InChI is InChI=1S/C48H36N2/c1-32-23-25-40-41-26-24-34(30-44(41)39-21-10-9-20-38(39)43(40)29-32)35-17-7-8-18-36(35)37-19-11-12-22-42(37)47-49-45(33-15-5-3-6-16-33)31-46(50-47)48(2)27-13-4-14-28-48/h3-27,29-31H,28H2,1-2H3. The summed E-state index contributed by atoms with van der Waals surface area (Å²) < 4.78 is 0. The van der Waals surface area contributed by atoms with E-state index in [2.05, 4.69) is 178 Å². The zero-order valence-electron chi connectivity index (χ0n) is 28.3. The smallest absolute Gasteiger partial charge is 0.160 e. The Hall–Kier alpha value is -6.12. The van der Waals surface area contributed by atoms with Gasteiger partial charge < -0.3 is 0 Å². The fourth-order valence-corrected chi connectivity index (χ4v) is 7.66. The van der Waals surface area contributed by atoms with E-state index < -0.39 is 0 Å². The molecule has 0 spiro atoms. The maximum Gasteiger partial charge on any atom is 0.160 e. The number of rotatable bonds is 5. The molecule has 1 heterocycles. The highest BCUT2D eigenvalue weighted by Crippen LogP contribution is 2.42. The molecule has 0 saturated carbocycles. The zero-order valence-corrected chi connectivity index (χ0v) is 28.3. The number of benzene rings is 7. The van der Waals surface area contributed by atoms with Crippen LogP contribution in [0, 0.1) is 6.92 Å². The topological polar surface area (TPSA) is 25.8 Å². The number of nitrogens with zero attached hydrogens (tertiary/aromatic N) is 2. The molecule has 1 unspecified atom stereocenters. The number of hydrogen-bond donors (Lipinski definition) is 0. The fraction of sp³-hybridized carbons (Fsp3) is 0.0833. The van der Waals surface area contributed by atoms with Crippen LogP contribution in [-0.2, 0) is 5.41 Å². The highest BCUT2D eigenvalue weighted by Gasteiger charge is 2.27. The molecule has 8 aromatic rings. The van der Waals surface area contributed by atoms with Crippen molar-refractivity contribution < 1.29 is 0 Å². The minimum absolute atomic E-state index is 0.223. The molecule has 1 aliphatic rings. The first-order chi connectivity index (χ1) is 24.6. The van der Waals surface area contributed by atoms with Crippen molar-refractivity contribution >= 4 is 32.3 Å². The Morgan fingerprint density at radius 2 is 1.08 bits per heavy atom. The van der Waals surface area contributed by atoms with Crippen LogP contribution in [0.1, 0.15) is 24.6 Å². The third-order valence-electron chi connectivity index (χ3n) is 10.3. The molecule has 2 nitrogen and oxygen atoms in total. The Morgan fingerprint density at radius 3 is 1.80 bits per heavy atom. The van der Waals surface area contributed by atoms with Crippen molar-refractivity contribution in [2.75, 3.05) is 0 Å². The molecule has 0 radical (unpaired) electrons. The predicted molar refractivity (Wildman–Crippen MR) is 211 cm³/mol. The van der Waals surface area contributed by atoms with Gasteiger partial charge in [0.05, 0.1) is 11.4 Å². The first-order valence-electron chi connectivity index (χ1n) is 17.4. The Kier molecular flexibility index (Phi) is 7.25. The molecule has 0 amide bonds. The van der Waals surface area contributed by atoms with Crippen LogP contribution >= 0.6 is 0 Å². The molecule has 0 bridgehead atoms. The van der Waals surface area contributed by atoms with Gasteiger partial charge in [-0.1, -0.05) is 170 Å². The quantitative estimate of drug-likeness (QED) is 0.175. The summed E-state index contributed by atoms with van der Waals surface area (Å²) >= 11 is 0. The van der Waals surface area contributed by atoms with Crippen molar-refractivity contribution in [2.45, 2.75) is 25.7 Å². The van der Waals surface area contributed by atoms with Gasteiger partial charge in [0.15, 0.2) is 5.82 Å². The van der Waals surface area contributed by atoms with E-state index in [1.807, 2.05) is 6.07 Å². The van der Waals surface area contributed by atoms with Crippen LogP contribution in [0.15, 0.2) is 170 Å². The maximum atomic E-state index is 5.33. The third-order valence-corrected chi connectivity index (χ3v) is 10.3. The molecule has 50 heavy (non-hydrogen) atoms. The molecule has 238 valence electrons. The molecule has 0 saturated heterocycles. The van der Waals surface area contributed by atoms with Crippen LogP contribution in [0.25, 0.3) is 77.2 Å². The van der Waals surface area contributed by atoms with Crippen LogP contribution in [0.3, 0.4) is 0 Å². The van der Waals surface area contributed by atoms with Crippen molar-refractivity contribution in [1.29, 1.82) is 0 Å². The minimum atomic E-state index is -0.223. The molecular formula is C48H36N2. The van der Waals surface area contributed by atoms with Gasteiger partial charge in [0.1, 0.15) is 0 Å². The largest absolute Gasteiger partial charge is 0.232 e.